The number of carbonyl (C=O) groups is 3. The van der Waals surface area contributed by atoms with Crippen molar-refractivity contribution >= 4 is 45.5 Å². The van der Waals surface area contributed by atoms with Gasteiger partial charge in [0.1, 0.15) is 6.04 Å². The van der Waals surface area contributed by atoms with E-state index in [-0.39, 0.29) is 17.7 Å². The number of amides is 3. The predicted molar refractivity (Wildman–Crippen MR) is 165 cm³/mol. The van der Waals surface area contributed by atoms with Crippen LogP contribution in [0.15, 0.2) is 79.1 Å². The second-order valence-corrected chi connectivity index (χ2v) is 12.6. The molecular weight excluding hydrogens is 544 g/mol. The van der Waals surface area contributed by atoms with Crippen molar-refractivity contribution in [3.05, 3.63) is 106 Å². The summed E-state index contributed by atoms with van der Waals surface area (Å²) in [6, 6.07) is 19.3. The fraction of sp³-hybridized carbons (Fsp3) is 0.294. The van der Waals surface area contributed by atoms with Crippen molar-refractivity contribution in [3.63, 3.8) is 0 Å². The number of anilines is 1. The zero-order valence-corrected chi connectivity index (χ0v) is 24.2. The van der Waals surface area contributed by atoms with Crippen LogP contribution >= 0.6 is 11.3 Å². The van der Waals surface area contributed by atoms with E-state index in [2.05, 4.69) is 24.0 Å². The summed E-state index contributed by atoms with van der Waals surface area (Å²) >= 11 is 1.75. The number of thiazole rings is 1. The van der Waals surface area contributed by atoms with Crippen LogP contribution in [0.5, 0.6) is 0 Å². The van der Waals surface area contributed by atoms with Crippen LogP contribution in [0.2, 0.25) is 0 Å². The molecule has 3 aliphatic rings. The summed E-state index contributed by atoms with van der Waals surface area (Å²) in [5, 5.41) is 5.93. The number of nitrogens with one attached hydrogen (secondary N) is 1. The van der Waals surface area contributed by atoms with Gasteiger partial charge in [-0.05, 0) is 54.3 Å². The lowest BCUT2D eigenvalue weighted by Gasteiger charge is -2.31. The van der Waals surface area contributed by atoms with Gasteiger partial charge < -0.3 is 10.2 Å². The molecule has 4 heterocycles. The van der Waals surface area contributed by atoms with Crippen molar-refractivity contribution < 1.29 is 14.4 Å². The number of piperidine rings is 2. The lowest BCUT2D eigenvalue weighted by molar-refractivity contribution is -0.131. The SMILES string of the molecule is C=C1CCC(N2C(=O)c3cccc4c(Cc5cnc(C6CCN(C(=O)Cc7ccccc7)CC6)s5)ccc2c34)C(=O)N1. The van der Waals surface area contributed by atoms with Gasteiger partial charge in [-0.1, -0.05) is 55.1 Å². The van der Waals surface area contributed by atoms with Gasteiger partial charge in [-0.15, -0.1) is 11.3 Å². The first-order chi connectivity index (χ1) is 20.5. The van der Waals surface area contributed by atoms with Gasteiger partial charge in [-0.3, -0.25) is 19.3 Å². The highest BCUT2D eigenvalue weighted by atomic mass is 32.1. The highest BCUT2D eigenvalue weighted by molar-refractivity contribution is 7.11. The van der Waals surface area contributed by atoms with Gasteiger partial charge >= 0.3 is 0 Å². The van der Waals surface area contributed by atoms with Crippen LogP contribution in [0.25, 0.3) is 10.8 Å². The van der Waals surface area contributed by atoms with Crippen molar-refractivity contribution in [1.29, 1.82) is 0 Å². The summed E-state index contributed by atoms with van der Waals surface area (Å²) in [7, 11) is 0. The number of allylic oxidation sites excluding steroid dienone is 1. The van der Waals surface area contributed by atoms with Crippen LogP contribution in [0.4, 0.5) is 5.69 Å². The quantitative estimate of drug-likeness (QED) is 0.325. The fourth-order valence-corrected chi connectivity index (χ4v) is 7.69. The van der Waals surface area contributed by atoms with Crippen molar-refractivity contribution in [2.24, 2.45) is 0 Å². The van der Waals surface area contributed by atoms with E-state index in [0.717, 1.165) is 64.9 Å². The molecule has 1 N–H and O–H groups in total. The number of hydrogen-bond donors (Lipinski definition) is 1. The molecule has 42 heavy (non-hydrogen) atoms. The van der Waals surface area contributed by atoms with Crippen LogP contribution in [0.1, 0.15) is 63.0 Å². The molecule has 1 atom stereocenters. The van der Waals surface area contributed by atoms with Crippen LogP contribution in [0, 0.1) is 0 Å². The molecule has 4 aromatic rings. The number of benzene rings is 3. The molecule has 2 fully saturated rings. The number of nitrogens with zero attached hydrogens (tertiary/aromatic N) is 3. The molecule has 7 rings (SSSR count). The van der Waals surface area contributed by atoms with Crippen molar-refractivity contribution in [3.8, 4) is 0 Å². The van der Waals surface area contributed by atoms with Crippen molar-refractivity contribution in [1.82, 2.24) is 15.2 Å². The maximum atomic E-state index is 13.5. The number of carbonyl (C=O) groups excluding carboxylic acids is 3. The molecule has 0 saturated carbocycles. The van der Waals surface area contributed by atoms with E-state index >= 15 is 0 Å². The van der Waals surface area contributed by atoms with E-state index in [1.54, 1.807) is 16.2 Å². The topological polar surface area (TPSA) is 82.6 Å². The summed E-state index contributed by atoms with van der Waals surface area (Å²) in [6.45, 7) is 5.40. The third-order valence-electron chi connectivity index (χ3n) is 8.78. The highest BCUT2D eigenvalue weighted by Gasteiger charge is 2.40. The summed E-state index contributed by atoms with van der Waals surface area (Å²) in [5.74, 6) is 0.265. The minimum Gasteiger partial charge on any atom is -0.342 e. The molecule has 3 aromatic carbocycles. The van der Waals surface area contributed by atoms with Crippen molar-refractivity contribution in [2.75, 3.05) is 18.0 Å². The van der Waals surface area contributed by atoms with Gasteiger partial charge in [0, 0.05) is 53.1 Å². The fourth-order valence-electron chi connectivity index (χ4n) is 6.58. The van der Waals surface area contributed by atoms with Crippen LogP contribution < -0.4 is 10.2 Å². The highest BCUT2D eigenvalue weighted by Crippen LogP contribution is 2.42. The Morgan fingerprint density at radius 2 is 1.81 bits per heavy atom. The summed E-state index contributed by atoms with van der Waals surface area (Å²) in [5.41, 5.74) is 4.36. The molecule has 0 spiro atoms. The first-order valence-electron chi connectivity index (χ1n) is 14.6. The Morgan fingerprint density at radius 1 is 1.00 bits per heavy atom. The van der Waals surface area contributed by atoms with Gasteiger partial charge in [0.25, 0.3) is 5.91 Å². The molecule has 0 radical (unpaired) electrons. The third-order valence-corrected chi connectivity index (χ3v) is 9.94. The molecule has 1 unspecified atom stereocenters. The molecule has 0 aliphatic carbocycles. The molecule has 0 bridgehead atoms. The van der Waals surface area contributed by atoms with E-state index < -0.39 is 6.04 Å². The maximum absolute atomic E-state index is 13.5. The molecule has 7 nitrogen and oxygen atoms in total. The summed E-state index contributed by atoms with van der Waals surface area (Å²) < 4.78 is 0. The lowest BCUT2D eigenvalue weighted by Crippen LogP contribution is -2.51. The van der Waals surface area contributed by atoms with Gasteiger partial charge in [0.05, 0.1) is 17.1 Å². The molecule has 212 valence electrons. The summed E-state index contributed by atoms with van der Waals surface area (Å²) in [4.78, 5) is 48.7. The van der Waals surface area contributed by atoms with Crippen LogP contribution in [0.3, 0.4) is 0 Å². The van der Waals surface area contributed by atoms with Gasteiger partial charge in [-0.2, -0.15) is 0 Å². The smallest absolute Gasteiger partial charge is 0.259 e. The minimum absolute atomic E-state index is 0.117. The van der Waals surface area contributed by atoms with Crippen LogP contribution in [-0.2, 0) is 22.4 Å². The Bertz CT molecular complexity index is 1720. The Hall–Kier alpha value is -4.30. The van der Waals surface area contributed by atoms with E-state index in [0.29, 0.717) is 36.4 Å². The normalized spacial score (nSPS) is 19.0. The van der Waals surface area contributed by atoms with E-state index in [4.69, 9.17) is 4.98 Å². The number of aromatic nitrogens is 1. The molecule has 2 saturated heterocycles. The summed E-state index contributed by atoms with van der Waals surface area (Å²) in [6.07, 6.45) is 6.24. The number of hydrogen-bond acceptors (Lipinski definition) is 5. The molecule has 1 aromatic heterocycles. The Morgan fingerprint density at radius 3 is 2.60 bits per heavy atom. The molecule has 8 heteroatoms. The molecule has 3 aliphatic heterocycles. The Balaban J connectivity index is 1.05. The first-order valence-corrected chi connectivity index (χ1v) is 15.4. The van der Waals surface area contributed by atoms with E-state index in [1.807, 2.05) is 59.6 Å². The van der Waals surface area contributed by atoms with Gasteiger partial charge in [0.2, 0.25) is 11.8 Å². The zero-order valence-electron chi connectivity index (χ0n) is 23.3. The minimum atomic E-state index is -0.534. The third kappa shape index (κ3) is 4.79. The first kappa shape index (κ1) is 26.6. The average Bonchev–Trinajstić information content (AvgIpc) is 3.58. The standard InChI is InChI=1S/C34H32N4O3S/c1-21-10-12-29(32(40)36-21)38-28-13-11-24(26-8-5-9-27(31(26)28)34(38)41)19-25-20-35-33(42-25)23-14-16-37(17-15-23)30(39)18-22-6-3-2-4-7-22/h2-9,11,13,20,23,29H,1,10,12,14-19H2,(H,36,40). The van der Waals surface area contributed by atoms with E-state index in [9.17, 15) is 14.4 Å². The molecular formula is C34H32N4O3S. The predicted octanol–water partition coefficient (Wildman–Crippen LogP) is 5.59. The monoisotopic (exact) mass is 576 g/mol. The lowest BCUT2D eigenvalue weighted by atomic mass is 9.97. The average molecular weight is 577 g/mol. The van der Waals surface area contributed by atoms with Gasteiger partial charge in [-0.25, -0.2) is 4.98 Å². The Kier molecular flexibility index (Phi) is 6.86. The zero-order chi connectivity index (χ0) is 28.8. The maximum Gasteiger partial charge on any atom is 0.259 e. The number of likely N-dealkylation sites (tertiary alicyclic amines) is 1. The molecule has 3 amide bonds. The van der Waals surface area contributed by atoms with E-state index in [1.165, 1.54) is 4.88 Å². The second kappa shape index (κ2) is 10.8. The van der Waals surface area contributed by atoms with Gasteiger partial charge in [0.15, 0.2) is 0 Å². The largest absolute Gasteiger partial charge is 0.342 e. The second-order valence-electron chi connectivity index (χ2n) is 11.5. The Labute approximate surface area is 248 Å². The van der Waals surface area contributed by atoms with Crippen LogP contribution in [-0.4, -0.2) is 46.7 Å². The number of rotatable bonds is 6. The van der Waals surface area contributed by atoms with Crippen molar-refractivity contribution in [2.45, 2.75) is 50.5 Å².